The summed E-state index contributed by atoms with van der Waals surface area (Å²) in [5, 5.41) is 13.9. The third-order valence-electron chi connectivity index (χ3n) is 2.60. The quantitative estimate of drug-likeness (QED) is 0.604. The summed E-state index contributed by atoms with van der Waals surface area (Å²) < 4.78 is 0. The van der Waals surface area contributed by atoms with E-state index in [9.17, 15) is 14.4 Å². The molecule has 1 aliphatic heterocycles. The summed E-state index contributed by atoms with van der Waals surface area (Å²) in [6.45, 7) is 3.11. The van der Waals surface area contributed by atoms with E-state index in [1.807, 2.05) is 0 Å². The van der Waals surface area contributed by atoms with Crippen LogP contribution in [-0.4, -0.2) is 35.5 Å². The van der Waals surface area contributed by atoms with E-state index in [0.29, 0.717) is 12.8 Å². The molecule has 0 bridgehead atoms. The Balaban J connectivity index is 2.41. The van der Waals surface area contributed by atoms with Crippen LogP contribution in [-0.2, 0) is 14.4 Å². The van der Waals surface area contributed by atoms with Gasteiger partial charge in [-0.2, -0.15) is 0 Å². The Kier molecular flexibility index (Phi) is 3.51. The van der Waals surface area contributed by atoms with Crippen LogP contribution in [0.25, 0.3) is 0 Å². The van der Waals surface area contributed by atoms with Gasteiger partial charge in [0.1, 0.15) is 6.04 Å². The van der Waals surface area contributed by atoms with Gasteiger partial charge in [-0.3, -0.25) is 14.4 Å². The fourth-order valence-corrected chi connectivity index (χ4v) is 1.32. The van der Waals surface area contributed by atoms with Crippen LogP contribution in [0.2, 0.25) is 0 Å². The normalized spacial score (nSPS) is 20.4. The second kappa shape index (κ2) is 4.51. The molecule has 1 fully saturated rings. The zero-order chi connectivity index (χ0) is 12.3. The van der Waals surface area contributed by atoms with Gasteiger partial charge in [0.05, 0.1) is 5.41 Å². The summed E-state index contributed by atoms with van der Waals surface area (Å²) in [7, 11) is 0. The van der Waals surface area contributed by atoms with Gasteiger partial charge in [-0.25, -0.2) is 0 Å². The second-order valence-electron chi connectivity index (χ2n) is 4.57. The number of carbonyl (C=O) groups is 3. The van der Waals surface area contributed by atoms with Crippen molar-refractivity contribution in [1.82, 2.24) is 10.6 Å². The van der Waals surface area contributed by atoms with Crippen molar-refractivity contribution in [3.63, 3.8) is 0 Å². The lowest BCUT2D eigenvalue weighted by Gasteiger charge is -2.20. The van der Waals surface area contributed by atoms with Crippen molar-refractivity contribution < 1.29 is 19.5 Å². The SMILES string of the molecule is CC(C)(CNC(=O)C1CCC(=O)N1)C(=O)O. The van der Waals surface area contributed by atoms with Gasteiger partial charge in [0.2, 0.25) is 11.8 Å². The van der Waals surface area contributed by atoms with Crippen molar-refractivity contribution in [2.45, 2.75) is 32.7 Å². The Hall–Kier alpha value is -1.59. The lowest BCUT2D eigenvalue weighted by atomic mass is 9.94. The Morgan fingerprint density at radius 2 is 2.19 bits per heavy atom. The first-order chi connectivity index (χ1) is 7.33. The first-order valence-electron chi connectivity index (χ1n) is 5.13. The molecule has 0 aromatic carbocycles. The van der Waals surface area contributed by atoms with Crippen LogP contribution in [0.15, 0.2) is 0 Å². The van der Waals surface area contributed by atoms with Gasteiger partial charge >= 0.3 is 5.97 Å². The molecule has 0 aromatic heterocycles. The molecule has 0 saturated carbocycles. The van der Waals surface area contributed by atoms with E-state index >= 15 is 0 Å². The molecule has 90 valence electrons. The minimum atomic E-state index is -1.00. The van der Waals surface area contributed by atoms with Gasteiger partial charge in [0.15, 0.2) is 0 Å². The zero-order valence-corrected chi connectivity index (χ0v) is 9.37. The molecule has 0 aliphatic carbocycles. The minimum absolute atomic E-state index is 0.0491. The molecule has 1 saturated heterocycles. The zero-order valence-electron chi connectivity index (χ0n) is 9.37. The average molecular weight is 228 g/mol. The summed E-state index contributed by atoms with van der Waals surface area (Å²) in [4.78, 5) is 33.2. The molecule has 1 atom stereocenters. The topological polar surface area (TPSA) is 95.5 Å². The maximum atomic E-state index is 11.5. The van der Waals surface area contributed by atoms with Gasteiger partial charge in [-0.05, 0) is 20.3 Å². The van der Waals surface area contributed by atoms with E-state index in [2.05, 4.69) is 10.6 Å². The van der Waals surface area contributed by atoms with Crippen LogP contribution in [0, 0.1) is 5.41 Å². The Morgan fingerprint density at radius 3 is 2.62 bits per heavy atom. The Morgan fingerprint density at radius 1 is 1.56 bits per heavy atom. The minimum Gasteiger partial charge on any atom is -0.481 e. The first-order valence-corrected chi connectivity index (χ1v) is 5.13. The van der Waals surface area contributed by atoms with Gasteiger partial charge in [-0.15, -0.1) is 0 Å². The second-order valence-corrected chi connectivity index (χ2v) is 4.57. The highest BCUT2D eigenvalue weighted by Crippen LogP contribution is 2.14. The van der Waals surface area contributed by atoms with E-state index in [1.54, 1.807) is 0 Å². The average Bonchev–Trinajstić information content (AvgIpc) is 2.61. The number of hydrogen-bond acceptors (Lipinski definition) is 3. The third-order valence-corrected chi connectivity index (χ3v) is 2.60. The molecule has 1 rings (SSSR count). The lowest BCUT2D eigenvalue weighted by molar-refractivity contribution is -0.146. The predicted octanol–water partition coefficient (Wildman–Crippen LogP) is -0.508. The largest absolute Gasteiger partial charge is 0.481 e. The van der Waals surface area contributed by atoms with Crippen molar-refractivity contribution >= 4 is 17.8 Å². The summed E-state index contributed by atoms with van der Waals surface area (Å²) in [5.41, 5.74) is -1.00. The van der Waals surface area contributed by atoms with Crippen molar-refractivity contribution in [2.75, 3.05) is 6.54 Å². The Bertz CT molecular complexity index is 325. The van der Waals surface area contributed by atoms with Crippen molar-refractivity contribution in [1.29, 1.82) is 0 Å². The highest BCUT2D eigenvalue weighted by molar-refractivity contribution is 5.91. The van der Waals surface area contributed by atoms with Gasteiger partial charge < -0.3 is 15.7 Å². The standard InChI is InChI=1S/C10H16N2O4/c1-10(2,9(15)16)5-11-8(14)6-3-4-7(13)12-6/h6H,3-5H2,1-2H3,(H,11,14)(H,12,13)(H,15,16). The maximum absolute atomic E-state index is 11.5. The molecule has 0 spiro atoms. The van der Waals surface area contributed by atoms with Crippen LogP contribution in [0.1, 0.15) is 26.7 Å². The van der Waals surface area contributed by atoms with E-state index in [-0.39, 0.29) is 18.4 Å². The molecule has 0 aromatic rings. The number of hydrogen-bond donors (Lipinski definition) is 3. The summed E-state index contributed by atoms with van der Waals surface area (Å²) in [5.74, 6) is -1.43. The summed E-state index contributed by atoms with van der Waals surface area (Å²) in [6, 6.07) is -0.517. The van der Waals surface area contributed by atoms with E-state index in [4.69, 9.17) is 5.11 Å². The number of carboxylic acids is 1. The molecule has 16 heavy (non-hydrogen) atoms. The molecule has 1 heterocycles. The van der Waals surface area contributed by atoms with E-state index in [0.717, 1.165) is 0 Å². The predicted molar refractivity (Wildman–Crippen MR) is 55.6 cm³/mol. The fraction of sp³-hybridized carbons (Fsp3) is 0.700. The van der Waals surface area contributed by atoms with E-state index in [1.165, 1.54) is 13.8 Å². The van der Waals surface area contributed by atoms with Gasteiger partial charge in [0.25, 0.3) is 0 Å². The number of rotatable bonds is 4. The third kappa shape index (κ3) is 2.95. The number of aliphatic carboxylic acids is 1. The first kappa shape index (κ1) is 12.5. The molecule has 2 amide bonds. The maximum Gasteiger partial charge on any atom is 0.310 e. The van der Waals surface area contributed by atoms with Gasteiger partial charge in [-0.1, -0.05) is 0 Å². The van der Waals surface area contributed by atoms with Crippen LogP contribution < -0.4 is 10.6 Å². The molecule has 1 aliphatic rings. The number of carboxylic acid groups (broad SMARTS) is 1. The lowest BCUT2D eigenvalue weighted by Crippen LogP contribution is -2.46. The number of nitrogens with one attached hydrogen (secondary N) is 2. The van der Waals surface area contributed by atoms with Crippen LogP contribution in [0.3, 0.4) is 0 Å². The molecular formula is C10H16N2O4. The van der Waals surface area contributed by atoms with Crippen molar-refractivity contribution in [3.05, 3.63) is 0 Å². The molecule has 1 unspecified atom stereocenters. The molecule has 3 N–H and O–H groups in total. The van der Waals surface area contributed by atoms with Crippen molar-refractivity contribution in [3.8, 4) is 0 Å². The van der Waals surface area contributed by atoms with Crippen LogP contribution in [0.5, 0.6) is 0 Å². The van der Waals surface area contributed by atoms with Crippen LogP contribution >= 0.6 is 0 Å². The highest BCUT2D eigenvalue weighted by Gasteiger charge is 2.31. The number of amides is 2. The summed E-state index contributed by atoms with van der Waals surface area (Å²) in [6.07, 6.45) is 0.818. The van der Waals surface area contributed by atoms with E-state index < -0.39 is 17.4 Å². The Labute approximate surface area is 93.4 Å². The molecule has 6 heteroatoms. The molecule has 0 radical (unpaired) electrons. The molecule has 6 nitrogen and oxygen atoms in total. The summed E-state index contributed by atoms with van der Waals surface area (Å²) >= 11 is 0. The highest BCUT2D eigenvalue weighted by atomic mass is 16.4. The van der Waals surface area contributed by atoms with Gasteiger partial charge in [0, 0.05) is 13.0 Å². The van der Waals surface area contributed by atoms with Crippen LogP contribution in [0.4, 0.5) is 0 Å². The molecular weight excluding hydrogens is 212 g/mol. The fourth-order valence-electron chi connectivity index (χ4n) is 1.32. The van der Waals surface area contributed by atoms with Crippen molar-refractivity contribution in [2.24, 2.45) is 5.41 Å². The number of carbonyl (C=O) groups excluding carboxylic acids is 2. The smallest absolute Gasteiger partial charge is 0.310 e. The monoisotopic (exact) mass is 228 g/mol.